The number of nitrogens with one attached hydrogen (secondary N) is 4. The summed E-state index contributed by atoms with van der Waals surface area (Å²) in [5.41, 5.74) is 12.8. The number of aromatic nitrogens is 2. The molecule has 6 N–H and O–H groups in total. The van der Waals surface area contributed by atoms with Crippen LogP contribution in [0, 0.1) is 5.82 Å². The molecule has 9 heteroatoms. The van der Waals surface area contributed by atoms with E-state index < -0.39 is 18.0 Å². The second kappa shape index (κ2) is 7.41. The summed E-state index contributed by atoms with van der Waals surface area (Å²) in [5.74, 6) is -1.27. The van der Waals surface area contributed by atoms with Gasteiger partial charge in [0.05, 0.1) is 6.33 Å². The third-order valence-electron chi connectivity index (χ3n) is 4.13. The summed E-state index contributed by atoms with van der Waals surface area (Å²) >= 11 is 0. The highest BCUT2D eigenvalue weighted by Crippen LogP contribution is 2.22. The number of H-pyrrole nitrogens is 1. The first-order valence-electron chi connectivity index (χ1n) is 7.86. The SMILES string of the molecule is NC(=O)[C@H](Cc1cnc[nH]1)NC(=O)C1CC(c2ccc(F)cc2)NN1. The van der Waals surface area contributed by atoms with Crippen molar-refractivity contribution in [1.82, 2.24) is 26.1 Å². The number of hydrogen-bond donors (Lipinski definition) is 5. The number of hydrazine groups is 1. The quantitative estimate of drug-likeness (QED) is 0.490. The number of imidazole rings is 1. The summed E-state index contributed by atoms with van der Waals surface area (Å²) in [5, 5.41) is 2.65. The van der Waals surface area contributed by atoms with E-state index in [1.807, 2.05) is 0 Å². The van der Waals surface area contributed by atoms with E-state index in [1.165, 1.54) is 18.5 Å². The highest BCUT2D eigenvalue weighted by molar-refractivity contribution is 5.89. The molecule has 3 atom stereocenters. The Balaban J connectivity index is 1.59. The molecule has 132 valence electrons. The molecular weight excluding hydrogens is 327 g/mol. The van der Waals surface area contributed by atoms with Crippen molar-refractivity contribution >= 4 is 11.8 Å². The number of rotatable bonds is 6. The average Bonchev–Trinajstić information content (AvgIpc) is 3.26. The maximum absolute atomic E-state index is 13.0. The highest BCUT2D eigenvalue weighted by atomic mass is 19.1. The molecule has 0 bridgehead atoms. The van der Waals surface area contributed by atoms with Gasteiger partial charge in [-0.25, -0.2) is 20.2 Å². The number of benzene rings is 1. The van der Waals surface area contributed by atoms with E-state index in [0.717, 1.165) is 5.56 Å². The van der Waals surface area contributed by atoms with Gasteiger partial charge in [0, 0.05) is 24.4 Å². The minimum absolute atomic E-state index is 0.129. The van der Waals surface area contributed by atoms with E-state index in [2.05, 4.69) is 26.1 Å². The number of aromatic amines is 1. The molecular formula is C16H19FN6O2. The fraction of sp³-hybridized carbons (Fsp3) is 0.312. The smallest absolute Gasteiger partial charge is 0.240 e. The molecule has 0 aliphatic carbocycles. The first-order chi connectivity index (χ1) is 12.0. The molecule has 0 saturated carbocycles. The molecule has 2 aromatic rings. The van der Waals surface area contributed by atoms with E-state index in [0.29, 0.717) is 12.1 Å². The van der Waals surface area contributed by atoms with Crippen LogP contribution >= 0.6 is 0 Å². The van der Waals surface area contributed by atoms with E-state index in [1.54, 1.807) is 18.3 Å². The molecule has 3 rings (SSSR count). The van der Waals surface area contributed by atoms with Crippen LogP contribution in [-0.4, -0.2) is 33.9 Å². The van der Waals surface area contributed by atoms with Gasteiger partial charge < -0.3 is 16.0 Å². The van der Waals surface area contributed by atoms with Crippen LogP contribution in [0.1, 0.15) is 23.7 Å². The van der Waals surface area contributed by atoms with Gasteiger partial charge in [0.2, 0.25) is 11.8 Å². The van der Waals surface area contributed by atoms with Gasteiger partial charge in [0.15, 0.2) is 0 Å². The number of carbonyl (C=O) groups is 2. The third-order valence-corrected chi connectivity index (χ3v) is 4.13. The van der Waals surface area contributed by atoms with Crippen LogP contribution in [0.4, 0.5) is 4.39 Å². The van der Waals surface area contributed by atoms with Crippen LogP contribution in [0.25, 0.3) is 0 Å². The largest absolute Gasteiger partial charge is 0.368 e. The molecule has 0 spiro atoms. The van der Waals surface area contributed by atoms with Gasteiger partial charge in [0.25, 0.3) is 0 Å². The molecule has 1 aromatic heterocycles. The molecule has 25 heavy (non-hydrogen) atoms. The molecule has 1 aliphatic rings. The zero-order valence-electron chi connectivity index (χ0n) is 13.3. The Morgan fingerprint density at radius 1 is 1.32 bits per heavy atom. The van der Waals surface area contributed by atoms with E-state index in [9.17, 15) is 14.0 Å². The number of halogens is 1. The number of amides is 2. The van der Waals surface area contributed by atoms with E-state index in [-0.39, 0.29) is 24.2 Å². The van der Waals surface area contributed by atoms with E-state index >= 15 is 0 Å². The normalized spacial score (nSPS) is 21.0. The predicted molar refractivity (Wildman–Crippen MR) is 87.2 cm³/mol. The van der Waals surface area contributed by atoms with Crippen LogP contribution in [0.15, 0.2) is 36.8 Å². The fourth-order valence-electron chi connectivity index (χ4n) is 2.75. The van der Waals surface area contributed by atoms with Gasteiger partial charge in [-0.1, -0.05) is 12.1 Å². The minimum atomic E-state index is -0.834. The van der Waals surface area contributed by atoms with Crippen molar-refractivity contribution in [3.63, 3.8) is 0 Å². The molecule has 2 unspecified atom stereocenters. The van der Waals surface area contributed by atoms with Crippen LogP contribution in [0.3, 0.4) is 0 Å². The lowest BCUT2D eigenvalue weighted by atomic mass is 10.0. The Hall–Kier alpha value is -2.78. The van der Waals surface area contributed by atoms with Gasteiger partial charge in [0.1, 0.15) is 17.9 Å². The highest BCUT2D eigenvalue weighted by Gasteiger charge is 2.32. The molecule has 1 fully saturated rings. The number of nitrogens with two attached hydrogens (primary N) is 1. The second-order valence-electron chi connectivity index (χ2n) is 5.93. The molecule has 2 heterocycles. The lowest BCUT2D eigenvalue weighted by molar-refractivity contribution is -0.128. The van der Waals surface area contributed by atoms with Gasteiger partial charge in [-0.05, 0) is 24.1 Å². The summed E-state index contributed by atoms with van der Waals surface area (Å²) in [7, 11) is 0. The standard InChI is InChI=1S/C16H19FN6O2/c17-10-3-1-9(2-4-10)12-6-14(23-22-12)16(25)21-13(15(18)24)5-11-7-19-8-20-11/h1-4,7-8,12-14,22-23H,5-6H2,(H2,18,24)(H,19,20)(H,21,25)/t12?,13-,14?/m0/s1. The first-order valence-corrected chi connectivity index (χ1v) is 7.86. The number of carbonyl (C=O) groups excluding carboxylic acids is 2. The third kappa shape index (κ3) is 4.20. The number of hydrogen-bond acceptors (Lipinski definition) is 5. The molecule has 0 radical (unpaired) electrons. The zero-order chi connectivity index (χ0) is 17.8. The molecule has 1 aromatic carbocycles. The Morgan fingerprint density at radius 3 is 2.72 bits per heavy atom. The number of primary amides is 1. The Labute approximate surface area is 143 Å². The van der Waals surface area contributed by atoms with Crippen LogP contribution < -0.4 is 21.9 Å². The predicted octanol–water partition coefficient (Wildman–Crippen LogP) is -0.331. The summed E-state index contributed by atoms with van der Waals surface area (Å²) in [6, 6.07) is 4.59. The van der Waals surface area contributed by atoms with Crippen molar-refractivity contribution in [2.24, 2.45) is 5.73 Å². The van der Waals surface area contributed by atoms with Crippen LogP contribution in [-0.2, 0) is 16.0 Å². The van der Waals surface area contributed by atoms with Gasteiger partial charge in [-0.3, -0.25) is 9.59 Å². The first kappa shape index (κ1) is 17.1. The maximum Gasteiger partial charge on any atom is 0.240 e. The van der Waals surface area contributed by atoms with Gasteiger partial charge in [-0.2, -0.15) is 0 Å². The maximum atomic E-state index is 13.0. The van der Waals surface area contributed by atoms with Crippen molar-refractivity contribution in [2.45, 2.75) is 31.0 Å². The van der Waals surface area contributed by atoms with Gasteiger partial charge in [-0.15, -0.1) is 0 Å². The summed E-state index contributed by atoms with van der Waals surface area (Å²) in [4.78, 5) is 30.7. The van der Waals surface area contributed by atoms with Crippen molar-refractivity contribution in [2.75, 3.05) is 0 Å². The summed E-state index contributed by atoms with van der Waals surface area (Å²) < 4.78 is 13.0. The molecule has 1 aliphatic heterocycles. The van der Waals surface area contributed by atoms with Crippen molar-refractivity contribution in [1.29, 1.82) is 0 Å². The minimum Gasteiger partial charge on any atom is -0.368 e. The Kier molecular flexibility index (Phi) is 5.05. The van der Waals surface area contributed by atoms with Crippen molar-refractivity contribution < 1.29 is 14.0 Å². The lowest BCUT2D eigenvalue weighted by Crippen LogP contribution is -2.52. The topological polar surface area (TPSA) is 125 Å². The van der Waals surface area contributed by atoms with Crippen molar-refractivity contribution in [3.05, 3.63) is 53.9 Å². The molecule has 1 saturated heterocycles. The van der Waals surface area contributed by atoms with E-state index in [4.69, 9.17) is 5.73 Å². The van der Waals surface area contributed by atoms with Gasteiger partial charge >= 0.3 is 0 Å². The van der Waals surface area contributed by atoms with Crippen LogP contribution in [0.2, 0.25) is 0 Å². The summed E-state index contributed by atoms with van der Waals surface area (Å²) in [6.45, 7) is 0. The zero-order valence-corrected chi connectivity index (χ0v) is 13.3. The fourth-order valence-corrected chi connectivity index (χ4v) is 2.75. The van der Waals surface area contributed by atoms with Crippen LogP contribution in [0.5, 0.6) is 0 Å². The molecule has 2 amide bonds. The molecule has 8 nitrogen and oxygen atoms in total. The second-order valence-corrected chi connectivity index (χ2v) is 5.93. The Morgan fingerprint density at radius 2 is 2.08 bits per heavy atom. The monoisotopic (exact) mass is 346 g/mol. The summed E-state index contributed by atoms with van der Waals surface area (Å²) in [6.07, 6.45) is 3.77. The average molecular weight is 346 g/mol. The van der Waals surface area contributed by atoms with Crippen molar-refractivity contribution in [3.8, 4) is 0 Å². The Bertz CT molecular complexity index is 734. The lowest BCUT2D eigenvalue weighted by Gasteiger charge is -2.17. The number of nitrogens with zero attached hydrogens (tertiary/aromatic N) is 1.